The smallest absolute Gasteiger partial charge is 0.207 e. The summed E-state index contributed by atoms with van der Waals surface area (Å²) in [5, 5.41) is 8.79. The fourth-order valence-electron chi connectivity index (χ4n) is 2.03. The number of nitrogens with zero attached hydrogens (tertiary/aromatic N) is 2. The largest absolute Gasteiger partial charge is 0.729 e. The minimum atomic E-state index is -4.82. The van der Waals surface area contributed by atoms with Crippen LogP contribution in [-0.4, -0.2) is 48.8 Å². The van der Waals surface area contributed by atoms with Crippen LogP contribution < -0.4 is 4.47 Å². The summed E-state index contributed by atoms with van der Waals surface area (Å²) in [6, 6.07) is 7.24. The molecule has 0 aliphatic heterocycles. The Hall–Kier alpha value is -1.15. The van der Waals surface area contributed by atoms with Crippen LogP contribution in [0, 0.1) is 0 Å². The first kappa shape index (κ1) is 19.9. The summed E-state index contributed by atoms with van der Waals surface area (Å²) in [6.45, 7) is 14.2. The average Bonchev–Trinajstić information content (AvgIpc) is 2.50. The number of quaternary nitrogens is 1. The molecule has 122 valence electrons. The second-order valence-electron chi connectivity index (χ2n) is 4.64. The van der Waals surface area contributed by atoms with Crippen molar-refractivity contribution in [2.45, 2.75) is 27.7 Å². The first-order valence-electron chi connectivity index (χ1n) is 7.11. The Morgan fingerprint density at radius 3 is 1.62 bits per heavy atom. The van der Waals surface area contributed by atoms with E-state index in [-0.39, 0.29) is 10.2 Å². The van der Waals surface area contributed by atoms with Crippen molar-refractivity contribution >= 4 is 16.0 Å². The van der Waals surface area contributed by atoms with Crippen molar-refractivity contribution in [3.05, 3.63) is 30.3 Å². The Morgan fingerprint density at radius 1 is 1.00 bits per heavy atom. The predicted molar refractivity (Wildman–Crippen MR) is 82.8 cm³/mol. The van der Waals surface area contributed by atoms with Crippen molar-refractivity contribution in [3.63, 3.8) is 0 Å². The van der Waals surface area contributed by atoms with Crippen LogP contribution in [0.15, 0.2) is 30.3 Å². The van der Waals surface area contributed by atoms with Gasteiger partial charge in [0.15, 0.2) is 0 Å². The Morgan fingerprint density at radius 2 is 1.38 bits per heavy atom. The second-order valence-corrected chi connectivity index (χ2v) is 5.84. The maximum atomic E-state index is 10.3. The van der Waals surface area contributed by atoms with Gasteiger partial charge in [-0.05, 0) is 39.8 Å². The molecule has 0 aromatic heterocycles. The normalized spacial score (nSPS) is 11.5. The number of hydrogen-bond donors (Lipinski definition) is 1. The highest BCUT2D eigenvalue weighted by Crippen LogP contribution is 2.12. The van der Waals surface area contributed by atoms with Gasteiger partial charge in [-0.3, -0.25) is 5.21 Å². The fraction of sp³-hybridized carbons (Fsp3) is 0.571. The van der Waals surface area contributed by atoms with Gasteiger partial charge in [0.05, 0.1) is 31.9 Å². The molecule has 0 fully saturated rings. The molecule has 0 saturated carbocycles. The Bertz CT molecular complexity index is 469. The van der Waals surface area contributed by atoms with E-state index in [4.69, 9.17) is 5.21 Å². The quantitative estimate of drug-likeness (QED) is 0.495. The molecule has 0 atom stereocenters. The Labute approximate surface area is 128 Å². The summed E-state index contributed by atoms with van der Waals surface area (Å²) < 4.78 is 31.7. The van der Waals surface area contributed by atoms with Gasteiger partial charge in [-0.15, -0.1) is 0 Å². The summed E-state index contributed by atoms with van der Waals surface area (Å²) in [5.41, 5.74) is -0.0764. The molecule has 0 bridgehead atoms. The van der Waals surface area contributed by atoms with Crippen molar-refractivity contribution in [1.82, 2.24) is 0 Å². The zero-order valence-electron chi connectivity index (χ0n) is 13.2. The maximum absolute atomic E-state index is 10.3. The van der Waals surface area contributed by atoms with Crippen molar-refractivity contribution in [3.8, 4) is 0 Å². The fourth-order valence-corrected chi connectivity index (χ4v) is 2.41. The van der Waals surface area contributed by atoms with Gasteiger partial charge in [0.2, 0.25) is 10.3 Å². The van der Waals surface area contributed by atoms with Crippen LogP contribution >= 0.6 is 0 Å². The van der Waals surface area contributed by atoms with Crippen LogP contribution in [0.3, 0.4) is 0 Å². The molecule has 1 aromatic rings. The molecule has 1 N–H and O–H groups in total. The molecular formula is C14H26N2O4S. The molecule has 1 aromatic carbocycles. The van der Waals surface area contributed by atoms with E-state index < -0.39 is 10.3 Å². The maximum Gasteiger partial charge on any atom is 0.207 e. The summed E-state index contributed by atoms with van der Waals surface area (Å²) in [6.07, 6.45) is 0. The third-order valence-electron chi connectivity index (χ3n) is 3.87. The molecule has 7 heteroatoms. The van der Waals surface area contributed by atoms with Crippen molar-refractivity contribution < 1.29 is 22.7 Å². The van der Waals surface area contributed by atoms with Gasteiger partial charge >= 0.3 is 0 Å². The number of benzene rings is 1. The molecule has 0 unspecified atom stereocenters. The monoisotopic (exact) mass is 318 g/mol. The van der Waals surface area contributed by atoms with Crippen LogP contribution in [0.2, 0.25) is 0 Å². The first-order chi connectivity index (χ1) is 9.76. The van der Waals surface area contributed by atoms with E-state index in [2.05, 4.69) is 27.7 Å². The van der Waals surface area contributed by atoms with Gasteiger partial charge in [-0.1, -0.05) is 18.2 Å². The molecule has 0 aliphatic carbocycles. The number of rotatable bonds is 6. The van der Waals surface area contributed by atoms with E-state index >= 15 is 0 Å². The van der Waals surface area contributed by atoms with Gasteiger partial charge in [0.25, 0.3) is 0 Å². The zero-order chi connectivity index (χ0) is 16.5. The van der Waals surface area contributed by atoms with E-state index in [9.17, 15) is 13.0 Å². The molecule has 0 aliphatic rings. The van der Waals surface area contributed by atoms with Crippen LogP contribution in [0.5, 0.6) is 0 Å². The summed E-state index contributed by atoms with van der Waals surface area (Å²) in [4.78, 5) is 0. The van der Waals surface area contributed by atoms with Gasteiger partial charge in [0.1, 0.15) is 0 Å². The number of anilines is 1. The lowest BCUT2D eigenvalue weighted by molar-refractivity contribution is -0.921. The lowest BCUT2D eigenvalue weighted by Gasteiger charge is -2.34. The molecule has 6 nitrogen and oxygen atoms in total. The predicted octanol–water partition coefficient (Wildman–Crippen LogP) is 2.23. The minimum Gasteiger partial charge on any atom is -0.729 e. The molecule has 0 saturated heterocycles. The Balaban J connectivity index is 0.000000400. The topological polar surface area (TPSA) is 80.7 Å². The highest BCUT2D eigenvalue weighted by Gasteiger charge is 2.16. The SMILES string of the molecule is CC[N+](CC)(CC)CC.O=S(=O)([O-])N(O)c1ccccc1. The molecule has 21 heavy (non-hydrogen) atoms. The van der Waals surface area contributed by atoms with Gasteiger partial charge in [-0.2, -0.15) is 4.47 Å². The highest BCUT2D eigenvalue weighted by atomic mass is 32.2. The van der Waals surface area contributed by atoms with Crippen molar-refractivity contribution in [2.75, 3.05) is 30.6 Å². The molecular weight excluding hydrogens is 292 g/mol. The minimum absolute atomic E-state index is 0.0764. The zero-order valence-corrected chi connectivity index (χ0v) is 14.0. The van der Waals surface area contributed by atoms with E-state index in [0.717, 1.165) is 0 Å². The molecule has 0 spiro atoms. The molecule has 0 amide bonds. The molecule has 0 heterocycles. The lowest BCUT2D eigenvalue weighted by Crippen LogP contribution is -2.47. The summed E-state index contributed by atoms with van der Waals surface area (Å²) in [7, 11) is -4.82. The van der Waals surface area contributed by atoms with E-state index in [0.29, 0.717) is 0 Å². The molecule has 1 rings (SSSR count). The average molecular weight is 318 g/mol. The van der Waals surface area contributed by atoms with E-state index in [1.54, 1.807) is 6.07 Å². The van der Waals surface area contributed by atoms with Crippen molar-refractivity contribution in [2.24, 2.45) is 0 Å². The second kappa shape index (κ2) is 8.99. The third kappa shape index (κ3) is 6.43. The summed E-state index contributed by atoms with van der Waals surface area (Å²) >= 11 is 0. The van der Waals surface area contributed by atoms with Crippen LogP contribution in [0.4, 0.5) is 5.69 Å². The molecule has 0 radical (unpaired) electrons. The Kier molecular flexibility index (Phi) is 8.50. The number of hydrogen-bond acceptors (Lipinski definition) is 4. The van der Waals surface area contributed by atoms with Gasteiger partial charge < -0.3 is 9.04 Å². The highest BCUT2D eigenvalue weighted by molar-refractivity contribution is 7.86. The lowest BCUT2D eigenvalue weighted by atomic mass is 10.3. The van der Waals surface area contributed by atoms with E-state index in [1.165, 1.54) is 54.9 Å². The van der Waals surface area contributed by atoms with E-state index in [1.807, 2.05) is 0 Å². The third-order valence-corrected chi connectivity index (χ3v) is 4.51. The van der Waals surface area contributed by atoms with Gasteiger partial charge in [0, 0.05) is 0 Å². The van der Waals surface area contributed by atoms with Crippen LogP contribution in [0.1, 0.15) is 27.7 Å². The number of para-hydroxylation sites is 1. The van der Waals surface area contributed by atoms with Crippen LogP contribution in [-0.2, 0) is 10.3 Å². The first-order valence-corrected chi connectivity index (χ1v) is 8.48. The van der Waals surface area contributed by atoms with Crippen LogP contribution in [0.25, 0.3) is 0 Å². The summed E-state index contributed by atoms with van der Waals surface area (Å²) in [5.74, 6) is 0. The van der Waals surface area contributed by atoms with Crippen molar-refractivity contribution in [1.29, 1.82) is 0 Å². The van der Waals surface area contributed by atoms with Gasteiger partial charge in [-0.25, -0.2) is 8.42 Å². The standard InChI is InChI=1S/C8H20N.C6H7NO4S/c1-5-9(6-2,7-3)8-4;8-7(12(9,10)11)6-4-2-1-3-5-6/h5-8H2,1-4H3;1-5,8H,(H,9,10,11)/q+1;/p-1.